The maximum Gasteiger partial charge on any atom is 0.397 e. The minimum absolute atomic E-state index is 0.0302. The summed E-state index contributed by atoms with van der Waals surface area (Å²) in [4.78, 5) is 9.37. The summed E-state index contributed by atoms with van der Waals surface area (Å²) in [5.74, 6) is 2.88. The molecule has 5 aromatic heterocycles. The Kier molecular flexibility index (Phi) is 4.88. The van der Waals surface area contributed by atoms with Gasteiger partial charge in [0.2, 0.25) is 6.20 Å². The van der Waals surface area contributed by atoms with Gasteiger partial charge in [0, 0.05) is 46.6 Å². The largest absolute Gasteiger partial charge is 0.456 e. The van der Waals surface area contributed by atoms with Gasteiger partial charge in [0.25, 0.3) is 5.82 Å². The maximum atomic E-state index is 6.84. The summed E-state index contributed by atoms with van der Waals surface area (Å²) in [7, 11) is 0. The number of fused-ring (bicyclic) bond motifs is 7. The van der Waals surface area contributed by atoms with Crippen molar-refractivity contribution in [3.63, 3.8) is 0 Å². The van der Waals surface area contributed by atoms with Crippen molar-refractivity contribution < 1.29 is 14.0 Å². The highest BCUT2D eigenvalue weighted by molar-refractivity contribution is 6.11. The van der Waals surface area contributed by atoms with E-state index in [4.69, 9.17) is 9.72 Å². The Morgan fingerprint density at radius 1 is 0.796 bits per heavy atom. The lowest BCUT2D eigenvalue weighted by Gasteiger charge is -2.33. The molecule has 1 unspecified atom stereocenters. The summed E-state index contributed by atoms with van der Waals surface area (Å²) < 4.78 is 16.5. The van der Waals surface area contributed by atoms with Crippen LogP contribution in [0.1, 0.15) is 43.0 Å². The predicted octanol–water partition coefficient (Wildman–Crippen LogP) is 7.91. The zero-order valence-corrected chi connectivity index (χ0v) is 27.6. The van der Waals surface area contributed by atoms with Crippen molar-refractivity contribution in [2.45, 2.75) is 38.8 Å². The monoisotopic (exact) mass is 636 g/mol. The van der Waals surface area contributed by atoms with Gasteiger partial charge < -0.3 is 4.74 Å². The number of para-hydroxylation sites is 1. The SMILES string of the molecule is Cc1cc(-c2cccnc2)cnc1-c1cn2[n+](c1)C13c4c(cccc4-2)Oc2ccc4c5ccccc5n(c4c21)-c1cc(C(C)(C)C)cc[n+]13. The number of aryl methyl sites for hydroxylation is 1. The van der Waals surface area contributed by atoms with Gasteiger partial charge in [-0.15, -0.1) is 4.68 Å². The molecule has 0 fully saturated rings. The summed E-state index contributed by atoms with van der Waals surface area (Å²) in [6.07, 6.45) is 12.5. The molecule has 3 aliphatic heterocycles. The fourth-order valence-electron chi connectivity index (χ4n) is 8.62. The van der Waals surface area contributed by atoms with Gasteiger partial charge in [0.15, 0.2) is 11.1 Å². The average Bonchev–Trinajstić information content (AvgIpc) is 3.78. The molecule has 0 bridgehead atoms. The molecule has 234 valence electrons. The zero-order valence-electron chi connectivity index (χ0n) is 27.6. The highest BCUT2D eigenvalue weighted by atomic mass is 16.5. The third-order valence-corrected chi connectivity index (χ3v) is 10.8. The lowest BCUT2D eigenvalue weighted by molar-refractivity contribution is -0.993. The van der Waals surface area contributed by atoms with Crippen molar-refractivity contribution >= 4 is 21.8 Å². The highest BCUT2D eigenvalue weighted by Crippen LogP contribution is 2.55. The van der Waals surface area contributed by atoms with Crippen LogP contribution in [0.25, 0.3) is 55.7 Å². The number of aromatic nitrogens is 6. The van der Waals surface area contributed by atoms with Crippen molar-refractivity contribution in [3.05, 3.63) is 144 Å². The van der Waals surface area contributed by atoms with Crippen LogP contribution in [0.15, 0.2) is 122 Å². The Bertz CT molecular complexity index is 2750. The number of benzene rings is 3. The molecule has 0 saturated heterocycles. The van der Waals surface area contributed by atoms with Crippen LogP contribution < -0.4 is 14.0 Å². The van der Waals surface area contributed by atoms with E-state index in [0.29, 0.717) is 0 Å². The predicted molar refractivity (Wildman–Crippen MR) is 188 cm³/mol. The average molecular weight is 637 g/mol. The Morgan fingerprint density at radius 2 is 1.67 bits per heavy atom. The number of pyridine rings is 3. The Labute approximate surface area is 282 Å². The molecular weight excluding hydrogens is 605 g/mol. The minimum Gasteiger partial charge on any atom is -0.456 e. The van der Waals surface area contributed by atoms with Crippen LogP contribution in [0, 0.1) is 6.92 Å². The van der Waals surface area contributed by atoms with E-state index in [2.05, 4.69) is 149 Å². The maximum absolute atomic E-state index is 6.84. The van der Waals surface area contributed by atoms with Gasteiger partial charge in [-0.2, -0.15) is 9.13 Å². The molecule has 8 aromatic rings. The van der Waals surface area contributed by atoms with E-state index >= 15 is 0 Å². The van der Waals surface area contributed by atoms with Crippen LogP contribution in [-0.4, -0.2) is 19.2 Å². The van der Waals surface area contributed by atoms with Crippen molar-refractivity contribution in [2.75, 3.05) is 0 Å². The van der Waals surface area contributed by atoms with Gasteiger partial charge >= 0.3 is 5.66 Å². The molecule has 7 nitrogen and oxygen atoms in total. The second-order valence-electron chi connectivity index (χ2n) is 14.5. The van der Waals surface area contributed by atoms with Crippen molar-refractivity contribution in [3.8, 4) is 45.4 Å². The lowest BCUT2D eigenvalue weighted by atomic mass is 9.83. The van der Waals surface area contributed by atoms with Crippen LogP contribution in [0.5, 0.6) is 11.5 Å². The first-order chi connectivity index (χ1) is 23.8. The molecule has 3 aromatic carbocycles. The van der Waals surface area contributed by atoms with Gasteiger partial charge in [-0.25, -0.2) is 0 Å². The van der Waals surface area contributed by atoms with E-state index < -0.39 is 5.66 Å². The zero-order chi connectivity index (χ0) is 32.8. The molecule has 0 amide bonds. The Hall–Kier alpha value is -6.08. The highest BCUT2D eigenvalue weighted by Gasteiger charge is 2.68. The standard InChI is InChI=1S/C42H32N6O/c1-25-19-27(26-9-8-17-43-21-26)22-44-39(25)28-23-46-33-12-7-13-34-37(33)42(47(46)24-28)38-35(49-34)15-14-31-30-10-5-6-11-32(30)48(40(31)38)36-20-29(41(2,3)4)16-18-45(36)42/h5-24H,1-4H3/q+2. The van der Waals surface area contributed by atoms with Gasteiger partial charge in [0.05, 0.1) is 23.7 Å². The van der Waals surface area contributed by atoms with Crippen LogP contribution in [0.3, 0.4) is 0 Å². The Balaban J connectivity index is 1.26. The number of hydrogen-bond acceptors (Lipinski definition) is 3. The third-order valence-electron chi connectivity index (χ3n) is 10.8. The topological polar surface area (TPSA) is 52.6 Å². The molecule has 0 N–H and O–H groups in total. The molecule has 0 saturated carbocycles. The summed E-state index contributed by atoms with van der Waals surface area (Å²) in [6, 6.07) is 30.5. The smallest absolute Gasteiger partial charge is 0.397 e. The fraction of sp³-hybridized carbons (Fsp3) is 0.143. The molecular formula is C42H32N6O+2. The molecule has 8 heterocycles. The molecule has 49 heavy (non-hydrogen) atoms. The van der Waals surface area contributed by atoms with E-state index in [1.54, 1.807) is 6.20 Å². The molecule has 7 heteroatoms. The van der Waals surface area contributed by atoms with Crippen molar-refractivity contribution in [1.82, 2.24) is 19.2 Å². The van der Waals surface area contributed by atoms with Crippen LogP contribution in [0.2, 0.25) is 0 Å². The summed E-state index contributed by atoms with van der Waals surface area (Å²) in [5, 5.41) is 2.46. The Morgan fingerprint density at radius 3 is 2.51 bits per heavy atom. The molecule has 1 atom stereocenters. The quantitative estimate of drug-likeness (QED) is 0.181. The van der Waals surface area contributed by atoms with E-state index in [9.17, 15) is 0 Å². The number of nitrogens with zero attached hydrogens (tertiary/aromatic N) is 6. The first-order valence-electron chi connectivity index (χ1n) is 16.8. The molecule has 0 aliphatic carbocycles. The summed E-state index contributed by atoms with van der Waals surface area (Å²) >= 11 is 0. The fourth-order valence-corrected chi connectivity index (χ4v) is 8.62. The van der Waals surface area contributed by atoms with Crippen LogP contribution in [-0.2, 0) is 11.1 Å². The van der Waals surface area contributed by atoms with Gasteiger partial charge in [0.1, 0.15) is 28.3 Å². The van der Waals surface area contributed by atoms with Gasteiger partial charge in [-0.1, -0.05) is 49.7 Å². The van der Waals surface area contributed by atoms with E-state index in [1.807, 2.05) is 18.5 Å². The van der Waals surface area contributed by atoms with Crippen LogP contribution >= 0.6 is 0 Å². The summed E-state index contributed by atoms with van der Waals surface area (Å²) in [6.45, 7) is 9.00. The number of ether oxygens (including phenoxy) is 1. The summed E-state index contributed by atoms with van der Waals surface area (Å²) in [5.41, 5.74) is 11.5. The second-order valence-corrected chi connectivity index (χ2v) is 14.5. The van der Waals surface area contributed by atoms with E-state index in [-0.39, 0.29) is 5.41 Å². The van der Waals surface area contributed by atoms with Crippen molar-refractivity contribution in [1.29, 1.82) is 0 Å². The van der Waals surface area contributed by atoms with Crippen LogP contribution in [0.4, 0.5) is 0 Å². The molecule has 11 rings (SSSR count). The lowest BCUT2D eigenvalue weighted by Crippen LogP contribution is -2.76. The van der Waals surface area contributed by atoms with E-state index in [0.717, 1.165) is 62.1 Å². The van der Waals surface area contributed by atoms with E-state index in [1.165, 1.54) is 27.4 Å². The molecule has 3 aliphatic rings. The first-order valence-corrected chi connectivity index (χ1v) is 16.8. The van der Waals surface area contributed by atoms with Gasteiger partial charge in [-0.05, 0) is 78.1 Å². The molecule has 0 radical (unpaired) electrons. The molecule has 1 spiro atoms. The number of rotatable bonds is 2. The van der Waals surface area contributed by atoms with Gasteiger partial charge in [-0.3, -0.25) is 9.97 Å². The third kappa shape index (κ3) is 3.23. The second kappa shape index (κ2) is 8.88. The first kappa shape index (κ1) is 26.9. The normalized spacial score (nSPS) is 16.4. The number of hydrogen-bond donors (Lipinski definition) is 0. The minimum atomic E-state index is -0.739. The van der Waals surface area contributed by atoms with Crippen molar-refractivity contribution in [2.24, 2.45) is 0 Å².